The summed E-state index contributed by atoms with van der Waals surface area (Å²) in [6.07, 6.45) is -2.19. The molecule has 3 aromatic rings. The number of hydrogen-bond acceptors (Lipinski definition) is 10. The number of ether oxygens (including phenoxy) is 2. The number of aliphatic hydroxyl groups excluding tert-OH is 3. The van der Waals surface area contributed by atoms with Gasteiger partial charge in [0.1, 0.15) is 24.1 Å². The minimum Gasteiger partial charge on any atom is -0.496 e. The van der Waals surface area contributed by atoms with Crippen LogP contribution in [0.25, 0.3) is 11.2 Å². The molecule has 0 aliphatic carbocycles. The number of H-pyrrole nitrogens is 1. The average molecular weight is 416 g/mol. The zero-order valence-electron chi connectivity index (χ0n) is 15.8. The maximum atomic E-state index is 12.2. The number of aromatic nitrogens is 4. The normalized spacial score (nSPS) is 24.0. The van der Waals surface area contributed by atoms with Gasteiger partial charge in [-0.25, -0.2) is 15.4 Å². The van der Waals surface area contributed by atoms with Crippen LogP contribution in [0.15, 0.2) is 40.5 Å². The van der Waals surface area contributed by atoms with Gasteiger partial charge in [-0.15, -0.1) is 0 Å². The second-order valence-corrected chi connectivity index (χ2v) is 6.55. The zero-order chi connectivity index (χ0) is 21.3. The molecule has 0 unspecified atom stereocenters. The number of fused-ring (bicyclic) bond motifs is 1. The van der Waals surface area contributed by atoms with Crippen molar-refractivity contribution in [2.45, 2.75) is 24.5 Å². The summed E-state index contributed by atoms with van der Waals surface area (Å²) in [6, 6.07) is 7.22. The van der Waals surface area contributed by atoms with E-state index in [0.717, 1.165) is 0 Å². The number of methoxy groups -OCH3 is 1. The minimum absolute atomic E-state index is 0.00905. The van der Waals surface area contributed by atoms with Crippen LogP contribution >= 0.6 is 0 Å². The standard InChI is InChI=1S/C18H20N6O6/c1-29-10-5-3-2-4-9(10)6-21-23-18-22-12-15(19-8-20-16(12)28)24(18)17-14(27)13(26)11(7-25)30-17/h2-6,8,11,13-14,17,25-27H,7H2,1H3,(H,22,23)(H,19,20,28)/b21-6+/t11-,13-,14-,17-/m1/s1. The van der Waals surface area contributed by atoms with E-state index in [1.165, 1.54) is 17.1 Å². The van der Waals surface area contributed by atoms with Crippen molar-refractivity contribution in [2.24, 2.45) is 5.10 Å². The van der Waals surface area contributed by atoms with E-state index in [9.17, 15) is 20.1 Å². The Balaban J connectivity index is 1.73. The van der Waals surface area contributed by atoms with Crippen LogP contribution in [0.3, 0.4) is 0 Å². The van der Waals surface area contributed by atoms with Gasteiger partial charge in [0.2, 0.25) is 5.95 Å². The molecule has 1 saturated heterocycles. The number of hydrogen-bond donors (Lipinski definition) is 5. The van der Waals surface area contributed by atoms with Crippen molar-refractivity contribution in [2.75, 3.05) is 19.1 Å². The number of hydrazone groups is 1. The Hall–Kier alpha value is -3.32. The molecule has 0 bridgehead atoms. The van der Waals surface area contributed by atoms with Gasteiger partial charge in [0.15, 0.2) is 17.4 Å². The number of benzene rings is 1. The molecule has 0 spiro atoms. The molecule has 5 N–H and O–H groups in total. The summed E-state index contributed by atoms with van der Waals surface area (Å²) in [7, 11) is 1.54. The SMILES string of the molecule is COc1ccccc1/C=N/Nc1nc2c(=O)[nH]cnc2n1[C@@H]1O[C@H](CO)[C@@H](O)[C@H]1O. The number of imidazole rings is 1. The predicted octanol–water partition coefficient (Wildman–Crippen LogP) is -0.814. The first kappa shape index (κ1) is 20.0. The molecule has 12 heteroatoms. The Morgan fingerprint density at radius 2 is 2.17 bits per heavy atom. The molecule has 1 aliphatic rings. The number of aromatic amines is 1. The summed E-state index contributed by atoms with van der Waals surface area (Å²) in [5, 5.41) is 34.0. The molecule has 2 aromatic heterocycles. The fourth-order valence-electron chi connectivity index (χ4n) is 3.27. The van der Waals surface area contributed by atoms with Crippen LogP contribution in [0.5, 0.6) is 5.75 Å². The van der Waals surface area contributed by atoms with E-state index in [1.54, 1.807) is 19.2 Å². The third-order valence-corrected chi connectivity index (χ3v) is 4.76. The smallest absolute Gasteiger partial charge is 0.278 e. The maximum Gasteiger partial charge on any atom is 0.278 e. The second kappa shape index (κ2) is 8.20. The summed E-state index contributed by atoms with van der Waals surface area (Å²) < 4.78 is 12.2. The molecule has 0 radical (unpaired) electrons. The minimum atomic E-state index is -1.39. The Labute approximate surface area is 169 Å². The van der Waals surface area contributed by atoms with Crippen molar-refractivity contribution in [3.05, 3.63) is 46.5 Å². The highest BCUT2D eigenvalue weighted by Gasteiger charge is 2.45. The lowest BCUT2D eigenvalue weighted by Crippen LogP contribution is -2.33. The molecule has 30 heavy (non-hydrogen) atoms. The van der Waals surface area contributed by atoms with E-state index in [1.807, 2.05) is 12.1 Å². The number of nitrogens with one attached hydrogen (secondary N) is 2. The van der Waals surface area contributed by atoms with Crippen molar-refractivity contribution in [3.8, 4) is 5.75 Å². The third-order valence-electron chi connectivity index (χ3n) is 4.76. The van der Waals surface area contributed by atoms with Crippen LogP contribution in [0, 0.1) is 0 Å². The lowest BCUT2D eigenvalue weighted by Gasteiger charge is -2.18. The van der Waals surface area contributed by atoms with E-state index in [0.29, 0.717) is 11.3 Å². The summed E-state index contributed by atoms with van der Waals surface area (Å²) in [5.41, 5.74) is 3.01. The van der Waals surface area contributed by atoms with Crippen molar-refractivity contribution < 1.29 is 24.8 Å². The average Bonchev–Trinajstić information content (AvgIpc) is 3.26. The van der Waals surface area contributed by atoms with Gasteiger partial charge in [-0.2, -0.15) is 5.10 Å². The Morgan fingerprint density at radius 3 is 2.90 bits per heavy atom. The zero-order valence-corrected chi connectivity index (χ0v) is 15.8. The highest BCUT2D eigenvalue weighted by Crippen LogP contribution is 2.33. The van der Waals surface area contributed by atoms with Crippen LogP contribution < -0.4 is 15.7 Å². The van der Waals surface area contributed by atoms with Gasteiger partial charge < -0.3 is 29.8 Å². The van der Waals surface area contributed by atoms with Gasteiger partial charge >= 0.3 is 0 Å². The van der Waals surface area contributed by atoms with Crippen molar-refractivity contribution in [1.29, 1.82) is 0 Å². The first-order valence-electron chi connectivity index (χ1n) is 9.05. The molecular formula is C18H20N6O6. The number of para-hydroxylation sites is 1. The number of aliphatic hydroxyl groups is 3. The summed E-state index contributed by atoms with van der Waals surface area (Å²) >= 11 is 0. The fourth-order valence-corrected chi connectivity index (χ4v) is 3.27. The number of anilines is 1. The Bertz CT molecular complexity index is 1130. The highest BCUT2D eigenvalue weighted by molar-refractivity contribution is 5.84. The lowest BCUT2D eigenvalue weighted by atomic mass is 10.1. The quantitative estimate of drug-likeness (QED) is 0.255. The molecule has 0 saturated carbocycles. The molecule has 4 rings (SSSR count). The predicted molar refractivity (Wildman–Crippen MR) is 105 cm³/mol. The van der Waals surface area contributed by atoms with Gasteiger partial charge in [-0.3, -0.25) is 9.36 Å². The first-order valence-corrected chi connectivity index (χ1v) is 9.05. The lowest BCUT2D eigenvalue weighted by molar-refractivity contribution is -0.0501. The third kappa shape index (κ3) is 3.41. The largest absolute Gasteiger partial charge is 0.496 e. The molecule has 1 fully saturated rings. The van der Waals surface area contributed by atoms with Gasteiger partial charge in [-0.05, 0) is 12.1 Å². The Morgan fingerprint density at radius 1 is 1.37 bits per heavy atom. The van der Waals surface area contributed by atoms with Gasteiger partial charge in [-0.1, -0.05) is 12.1 Å². The maximum absolute atomic E-state index is 12.2. The van der Waals surface area contributed by atoms with E-state index in [2.05, 4.69) is 25.5 Å². The summed E-state index contributed by atoms with van der Waals surface area (Å²) in [4.78, 5) is 22.9. The van der Waals surface area contributed by atoms with Crippen molar-refractivity contribution in [1.82, 2.24) is 19.5 Å². The Kier molecular flexibility index (Phi) is 5.46. The van der Waals surface area contributed by atoms with E-state index >= 15 is 0 Å². The monoisotopic (exact) mass is 416 g/mol. The van der Waals surface area contributed by atoms with Gasteiger partial charge in [0, 0.05) is 5.56 Å². The molecule has 1 aromatic carbocycles. The summed E-state index contributed by atoms with van der Waals surface area (Å²) in [6.45, 7) is -0.496. The van der Waals surface area contributed by atoms with Crippen LogP contribution in [0.4, 0.5) is 5.95 Å². The topological polar surface area (TPSA) is 167 Å². The highest BCUT2D eigenvalue weighted by atomic mass is 16.6. The molecule has 1 aliphatic heterocycles. The molecule has 3 heterocycles. The molecular weight excluding hydrogens is 396 g/mol. The van der Waals surface area contributed by atoms with Crippen molar-refractivity contribution in [3.63, 3.8) is 0 Å². The first-order chi connectivity index (χ1) is 14.5. The number of nitrogens with zero attached hydrogens (tertiary/aromatic N) is 4. The molecule has 12 nitrogen and oxygen atoms in total. The van der Waals surface area contributed by atoms with E-state index in [4.69, 9.17) is 9.47 Å². The van der Waals surface area contributed by atoms with Crippen LogP contribution in [0.1, 0.15) is 11.8 Å². The molecule has 0 amide bonds. The van der Waals surface area contributed by atoms with Crippen LogP contribution in [-0.4, -0.2) is 73.1 Å². The van der Waals surface area contributed by atoms with E-state index < -0.39 is 36.7 Å². The number of rotatable bonds is 6. The summed E-state index contributed by atoms with van der Waals surface area (Å²) in [5.74, 6) is 0.660. The van der Waals surface area contributed by atoms with Crippen molar-refractivity contribution >= 4 is 23.3 Å². The van der Waals surface area contributed by atoms with Gasteiger partial charge in [0.25, 0.3) is 5.56 Å². The van der Waals surface area contributed by atoms with Crippen LogP contribution in [-0.2, 0) is 4.74 Å². The molecule has 4 atom stereocenters. The molecule has 158 valence electrons. The van der Waals surface area contributed by atoms with Gasteiger partial charge in [0.05, 0.1) is 26.3 Å². The second-order valence-electron chi connectivity index (χ2n) is 6.55. The van der Waals surface area contributed by atoms with Crippen LogP contribution in [0.2, 0.25) is 0 Å². The van der Waals surface area contributed by atoms with E-state index in [-0.39, 0.29) is 17.1 Å². The fraction of sp³-hybridized carbons (Fsp3) is 0.333.